The number of nitrogens with two attached hydrogens (primary N) is 1. The molecule has 0 aliphatic heterocycles. The molecule has 0 fully saturated rings. The lowest BCUT2D eigenvalue weighted by Gasteiger charge is -2.12. The topological polar surface area (TPSA) is 55.0 Å². The maximum Gasteiger partial charge on any atom is 0.159 e. The van der Waals surface area contributed by atoms with Gasteiger partial charge in [0.25, 0.3) is 0 Å². The van der Waals surface area contributed by atoms with Crippen molar-refractivity contribution in [2.45, 2.75) is 0 Å². The van der Waals surface area contributed by atoms with Gasteiger partial charge in [-0.3, -0.25) is 0 Å². The zero-order valence-electron chi connectivity index (χ0n) is 9.38. The minimum absolute atomic E-state index is 0.577. The summed E-state index contributed by atoms with van der Waals surface area (Å²) in [5, 5.41) is 0. The molecular weight excluding hydrogens is 200 g/mol. The molecule has 16 heavy (non-hydrogen) atoms. The summed E-state index contributed by atoms with van der Waals surface area (Å²) in [6.07, 6.45) is 3.23. The maximum atomic E-state index is 5.54. The van der Waals surface area contributed by atoms with E-state index in [0.29, 0.717) is 11.5 Å². The molecule has 1 aromatic carbocycles. The van der Waals surface area contributed by atoms with E-state index in [2.05, 4.69) is 9.97 Å². The third kappa shape index (κ3) is 2.11. The molecule has 0 aliphatic carbocycles. The molecule has 0 aliphatic rings. The quantitative estimate of drug-likeness (QED) is 0.828. The largest absolute Gasteiger partial charge is 0.396 e. The summed E-state index contributed by atoms with van der Waals surface area (Å²) in [6.45, 7) is 0. The zero-order valence-corrected chi connectivity index (χ0v) is 9.38. The van der Waals surface area contributed by atoms with Crippen molar-refractivity contribution in [2.75, 3.05) is 24.7 Å². The van der Waals surface area contributed by atoms with Gasteiger partial charge in [-0.15, -0.1) is 0 Å². The molecule has 0 bridgehead atoms. The van der Waals surface area contributed by atoms with Crippen LogP contribution in [0.5, 0.6) is 0 Å². The lowest BCUT2D eigenvalue weighted by atomic mass is 10.2. The van der Waals surface area contributed by atoms with Crippen LogP contribution in [0.3, 0.4) is 0 Å². The molecule has 1 aromatic heterocycles. The van der Waals surface area contributed by atoms with E-state index in [-0.39, 0.29) is 0 Å². The van der Waals surface area contributed by atoms with Crippen LogP contribution >= 0.6 is 0 Å². The van der Waals surface area contributed by atoms with Gasteiger partial charge in [-0.1, -0.05) is 0 Å². The standard InChI is InChI=1S/C12H14N4/c1-16(2)11-5-3-9(4-6-11)12-14-7-10(13)8-15-12/h3-8H,13H2,1-2H3. The van der Waals surface area contributed by atoms with E-state index in [9.17, 15) is 0 Å². The SMILES string of the molecule is CN(C)c1ccc(-c2ncc(N)cn2)cc1. The van der Waals surface area contributed by atoms with Gasteiger partial charge in [0.2, 0.25) is 0 Å². The lowest BCUT2D eigenvalue weighted by Crippen LogP contribution is -2.08. The summed E-state index contributed by atoms with van der Waals surface area (Å²) in [6, 6.07) is 8.08. The Bertz CT molecular complexity index is 459. The number of hydrogen-bond acceptors (Lipinski definition) is 4. The first kappa shape index (κ1) is 10.4. The van der Waals surface area contributed by atoms with Crippen LogP contribution in [0.4, 0.5) is 11.4 Å². The highest BCUT2D eigenvalue weighted by atomic mass is 15.1. The van der Waals surface area contributed by atoms with Crippen molar-refractivity contribution in [1.29, 1.82) is 0 Å². The molecule has 4 nitrogen and oxygen atoms in total. The first-order chi connectivity index (χ1) is 7.66. The number of aromatic nitrogens is 2. The zero-order chi connectivity index (χ0) is 11.5. The highest BCUT2D eigenvalue weighted by molar-refractivity contribution is 5.60. The van der Waals surface area contributed by atoms with Gasteiger partial charge in [-0.2, -0.15) is 0 Å². The Morgan fingerprint density at radius 1 is 1.00 bits per heavy atom. The van der Waals surface area contributed by atoms with Gasteiger partial charge in [0.15, 0.2) is 5.82 Å². The smallest absolute Gasteiger partial charge is 0.159 e. The van der Waals surface area contributed by atoms with E-state index in [4.69, 9.17) is 5.73 Å². The van der Waals surface area contributed by atoms with E-state index < -0.39 is 0 Å². The molecular formula is C12H14N4. The van der Waals surface area contributed by atoms with E-state index in [1.165, 1.54) is 0 Å². The van der Waals surface area contributed by atoms with E-state index >= 15 is 0 Å². The summed E-state index contributed by atoms with van der Waals surface area (Å²) < 4.78 is 0. The van der Waals surface area contributed by atoms with Crippen LogP contribution in [-0.2, 0) is 0 Å². The van der Waals surface area contributed by atoms with Crippen LogP contribution in [0.25, 0.3) is 11.4 Å². The monoisotopic (exact) mass is 214 g/mol. The van der Waals surface area contributed by atoms with E-state index in [1.807, 2.05) is 43.3 Å². The van der Waals surface area contributed by atoms with Gasteiger partial charge in [-0.25, -0.2) is 9.97 Å². The third-order valence-corrected chi connectivity index (χ3v) is 2.31. The summed E-state index contributed by atoms with van der Waals surface area (Å²) in [5.41, 5.74) is 8.26. The first-order valence-corrected chi connectivity index (χ1v) is 5.02. The average Bonchev–Trinajstić information content (AvgIpc) is 2.30. The molecule has 2 rings (SSSR count). The van der Waals surface area contributed by atoms with Crippen LogP contribution in [0.1, 0.15) is 0 Å². The highest BCUT2D eigenvalue weighted by Crippen LogP contribution is 2.19. The number of nitrogens with zero attached hydrogens (tertiary/aromatic N) is 3. The fourth-order valence-corrected chi connectivity index (χ4v) is 1.40. The second-order valence-corrected chi connectivity index (χ2v) is 3.78. The number of hydrogen-bond donors (Lipinski definition) is 1. The van der Waals surface area contributed by atoms with Gasteiger partial charge < -0.3 is 10.6 Å². The number of rotatable bonds is 2. The van der Waals surface area contributed by atoms with Gasteiger partial charge in [-0.05, 0) is 24.3 Å². The fourth-order valence-electron chi connectivity index (χ4n) is 1.40. The van der Waals surface area contributed by atoms with Crippen LogP contribution in [0.15, 0.2) is 36.7 Å². The minimum Gasteiger partial charge on any atom is -0.396 e. The predicted octanol–water partition coefficient (Wildman–Crippen LogP) is 1.79. The Balaban J connectivity index is 2.31. The molecule has 0 saturated heterocycles. The number of anilines is 2. The molecule has 2 N–H and O–H groups in total. The Labute approximate surface area is 94.8 Å². The van der Waals surface area contributed by atoms with E-state index in [1.54, 1.807) is 12.4 Å². The molecule has 0 spiro atoms. The first-order valence-electron chi connectivity index (χ1n) is 5.02. The molecule has 82 valence electrons. The normalized spacial score (nSPS) is 10.1. The molecule has 2 aromatic rings. The molecule has 0 saturated carbocycles. The molecule has 0 radical (unpaired) electrons. The van der Waals surface area contributed by atoms with Crippen molar-refractivity contribution < 1.29 is 0 Å². The summed E-state index contributed by atoms with van der Waals surface area (Å²) in [4.78, 5) is 10.4. The second-order valence-electron chi connectivity index (χ2n) is 3.78. The Morgan fingerprint density at radius 3 is 2.06 bits per heavy atom. The highest BCUT2D eigenvalue weighted by Gasteiger charge is 2.01. The third-order valence-electron chi connectivity index (χ3n) is 2.31. The van der Waals surface area contributed by atoms with E-state index in [0.717, 1.165) is 11.3 Å². The van der Waals surface area contributed by atoms with Crippen LogP contribution in [0, 0.1) is 0 Å². The van der Waals surface area contributed by atoms with Crippen molar-refractivity contribution in [3.8, 4) is 11.4 Å². The van der Waals surface area contributed by atoms with Crippen molar-refractivity contribution in [3.63, 3.8) is 0 Å². The maximum absolute atomic E-state index is 5.54. The van der Waals surface area contributed by atoms with Gasteiger partial charge >= 0.3 is 0 Å². The fraction of sp³-hybridized carbons (Fsp3) is 0.167. The van der Waals surface area contributed by atoms with Crippen molar-refractivity contribution in [2.24, 2.45) is 0 Å². The summed E-state index contributed by atoms with van der Waals surface area (Å²) in [5.74, 6) is 0.694. The average molecular weight is 214 g/mol. The van der Waals surface area contributed by atoms with Crippen LogP contribution in [-0.4, -0.2) is 24.1 Å². The van der Waals surface area contributed by atoms with Gasteiger partial charge in [0, 0.05) is 25.3 Å². The predicted molar refractivity (Wildman–Crippen MR) is 66.2 cm³/mol. The molecule has 4 heteroatoms. The number of benzene rings is 1. The lowest BCUT2D eigenvalue weighted by molar-refractivity contribution is 1.13. The van der Waals surface area contributed by atoms with Crippen molar-refractivity contribution in [3.05, 3.63) is 36.7 Å². The number of nitrogen functional groups attached to an aromatic ring is 1. The summed E-state index contributed by atoms with van der Waals surface area (Å²) in [7, 11) is 4.02. The minimum atomic E-state index is 0.577. The second kappa shape index (κ2) is 4.18. The van der Waals surface area contributed by atoms with Crippen molar-refractivity contribution >= 4 is 11.4 Å². The molecule has 0 amide bonds. The summed E-state index contributed by atoms with van der Waals surface area (Å²) >= 11 is 0. The molecule has 0 unspecified atom stereocenters. The van der Waals surface area contributed by atoms with Crippen LogP contribution in [0.2, 0.25) is 0 Å². The van der Waals surface area contributed by atoms with Gasteiger partial charge in [0.1, 0.15) is 0 Å². The van der Waals surface area contributed by atoms with Gasteiger partial charge in [0.05, 0.1) is 18.1 Å². The molecule has 1 heterocycles. The Hall–Kier alpha value is -2.10. The Kier molecular flexibility index (Phi) is 2.72. The van der Waals surface area contributed by atoms with Crippen LogP contribution < -0.4 is 10.6 Å². The molecule has 0 atom stereocenters. The van der Waals surface area contributed by atoms with Crippen molar-refractivity contribution in [1.82, 2.24) is 9.97 Å². The Morgan fingerprint density at radius 2 is 1.56 bits per heavy atom.